The van der Waals surface area contributed by atoms with Crippen LogP contribution in [0.5, 0.6) is 0 Å². The smallest absolute Gasteiger partial charge is 0.263 e. The Balaban J connectivity index is 0.00000154. The van der Waals surface area contributed by atoms with Gasteiger partial charge in [-0.15, -0.1) is 0 Å². The van der Waals surface area contributed by atoms with E-state index in [0.717, 1.165) is 19.4 Å². The standard InChI is InChI=1S/C14H27F2N.C2H6/c1-5-13(6-2)17-8-7-12(9-11(3)4)14(15,16)10-17;1-2/h11-13H,5-10H2,1-4H3;1-2H3. The summed E-state index contributed by atoms with van der Waals surface area (Å²) in [5.41, 5.74) is 0. The van der Waals surface area contributed by atoms with E-state index in [9.17, 15) is 8.78 Å². The van der Waals surface area contributed by atoms with E-state index in [4.69, 9.17) is 0 Å². The van der Waals surface area contributed by atoms with Gasteiger partial charge in [-0.2, -0.15) is 0 Å². The number of hydrogen-bond acceptors (Lipinski definition) is 1. The first-order valence-corrected chi connectivity index (χ1v) is 8.02. The lowest BCUT2D eigenvalue weighted by Gasteiger charge is -2.42. The average Bonchev–Trinajstić information content (AvgIpc) is 2.35. The molecule has 116 valence electrons. The summed E-state index contributed by atoms with van der Waals surface area (Å²) in [6.45, 7) is 13.1. The number of nitrogens with zero attached hydrogens (tertiary/aromatic N) is 1. The fourth-order valence-corrected chi connectivity index (χ4v) is 2.99. The Morgan fingerprint density at radius 1 is 1.16 bits per heavy atom. The minimum absolute atomic E-state index is 0.0310. The molecular weight excluding hydrogens is 244 g/mol. The van der Waals surface area contributed by atoms with Crippen molar-refractivity contribution < 1.29 is 8.78 Å². The first-order valence-electron chi connectivity index (χ1n) is 8.02. The maximum Gasteiger partial charge on any atom is 0.263 e. The zero-order valence-corrected chi connectivity index (χ0v) is 13.7. The largest absolute Gasteiger partial charge is 0.294 e. The predicted octanol–water partition coefficient (Wildman–Crippen LogP) is 5.20. The second-order valence-electron chi connectivity index (χ2n) is 5.82. The van der Waals surface area contributed by atoms with Crippen molar-refractivity contribution in [3.8, 4) is 0 Å². The molecule has 1 rings (SSSR count). The van der Waals surface area contributed by atoms with Gasteiger partial charge in [-0.3, -0.25) is 4.90 Å². The van der Waals surface area contributed by atoms with Gasteiger partial charge in [0.2, 0.25) is 0 Å². The van der Waals surface area contributed by atoms with Gasteiger partial charge < -0.3 is 0 Å². The Morgan fingerprint density at radius 3 is 2.05 bits per heavy atom. The molecule has 1 nitrogen and oxygen atoms in total. The van der Waals surface area contributed by atoms with Gasteiger partial charge in [0.15, 0.2) is 0 Å². The van der Waals surface area contributed by atoms with Gasteiger partial charge in [0, 0.05) is 12.0 Å². The van der Waals surface area contributed by atoms with Crippen LogP contribution in [0, 0.1) is 11.8 Å². The first kappa shape index (κ1) is 18.8. The molecule has 1 unspecified atom stereocenters. The maximum atomic E-state index is 14.1. The number of halogens is 2. The first-order chi connectivity index (χ1) is 8.90. The minimum Gasteiger partial charge on any atom is -0.294 e. The van der Waals surface area contributed by atoms with Crippen molar-refractivity contribution in [2.75, 3.05) is 13.1 Å². The third-order valence-electron chi connectivity index (χ3n) is 3.99. The number of hydrogen-bond donors (Lipinski definition) is 0. The molecule has 0 radical (unpaired) electrons. The summed E-state index contributed by atoms with van der Waals surface area (Å²) >= 11 is 0. The van der Waals surface area contributed by atoms with Crippen molar-refractivity contribution in [2.24, 2.45) is 11.8 Å². The fraction of sp³-hybridized carbons (Fsp3) is 1.00. The van der Waals surface area contributed by atoms with E-state index in [1.165, 1.54) is 0 Å². The van der Waals surface area contributed by atoms with Crippen LogP contribution in [0.1, 0.15) is 67.2 Å². The SMILES string of the molecule is CC.CCC(CC)N1CCC(CC(C)C)C(F)(F)C1. The third-order valence-corrected chi connectivity index (χ3v) is 3.99. The summed E-state index contributed by atoms with van der Waals surface area (Å²) in [7, 11) is 0. The number of piperidine rings is 1. The predicted molar refractivity (Wildman–Crippen MR) is 79.8 cm³/mol. The third kappa shape index (κ3) is 5.76. The molecule has 1 fully saturated rings. The Hall–Kier alpha value is -0.180. The molecule has 1 atom stereocenters. The summed E-state index contributed by atoms with van der Waals surface area (Å²) in [6.07, 6.45) is 3.26. The highest BCUT2D eigenvalue weighted by molar-refractivity contribution is 4.89. The zero-order valence-electron chi connectivity index (χ0n) is 13.7. The molecule has 1 aliphatic heterocycles. The van der Waals surface area contributed by atoms with Crippen LogP contribution in [0.3, 0.4) is 0 Å². The van der Waals surface area contributed by atoms with Crippen molar-refractivity contribution >= 4 is 0 Å². The van der Waals surface area contributed by atoms with Crippen molar-refractivity contribution in [1.29, 1.82) is 0 Å². The van der Waals surface area contributed by atoms with E-state index in [0.29, 0.717) is 24.8 Å². The van der Waals surface area contributed by atoms with Gasteiger partial charge in [0.1, 0.15) is 0 Å². The van der Waals surface area contributed by atoms with Crippen LogP contribution in [0.2, 0.25) is 0 Å². The molecule has 0 bridgehead atoms. The topological polar surface area (TPSA) is 3.24 Å². The van der Waals surface area contributed by atoms with Crippen molar-refractivity contribution in [2.45, 2.75) is 79.2 Å². The molecule has 0 amide bonds. The summed E-state index contributed by atoms with van der Waals surface area (Å²) < 4.78 is 28.1. The van der Waals surface area contributed by atoms with Crippen LogP contribution in [-0.2, 0) is 0 Å². The van der Waals surface area contributed by atoms with E-state index in [-0.39, 0.29) is 6.54 Å². The maximum absolute atomic E-state index is 14.1. The van der Waals surface area contributed by atoms with Crippen molar-refractivity contribution in [1.82, 2.24) is 4.90 Å². The van der Waals surface area contributed by atoms with Crippen molar-refractivity contribution in [3.63, 3.8) is 0 Å². The lowest BCUT2D eigenvalue weighted by Crippen LogP contribution is -2.52. The normalized spacial score (nSPS) is 23.4. The summed E-state index contributed by atoms with van der Waals surface area (Å²) in [4.78, 5) is 2.00. The van der Waals surface area contributed by atoms with Crippen LogP contribution < -0.4 is 0 Å². The molecule has 0 aromatic rings. The minimum atomic E-state index is -2.49. The lowest BCUT2D eigenvalue weighted by atomic mass is 9.85. The molecule has 0 spiro atoms. The number of likely N-dealkylation sites (tertiary alicyclic amines) is 1. The highest BCUT2D eigenvalue weighted by atomic mass is 19.3. The van der Waals surface area contributed by atoms with E-state index in [1.54, 1.807) is 0 Å². The second kappa shape index (κ2) is 8.89. The Morgan fingerprint density at radius 2 is 1.68 bits per heavy atom. The van der Waals surface area contributed by atoms with E-state index >= 15 is 0 Å². The summed E-state index contributed by atoms with van der Waals surface area (Å²) in [6, 6.07) is 0.334. The highest BCUT2D eigenvalue weighted by Crippen LogP contribution is 2.37. The monoisotopic (exact) mass is 277 g/mol. The van der Waals surface area contributed by atoms with E-state index < -0.39 is 11.8 Å². The Labute approximate surface area is 118 Å². The van der Waals surface area contributed by atoms with Gasteiger partial charge >= 0.3 is 0 Å². The summed E-state index contributed by atoms with van der Waals surface area (Å²) in [5.74, 6) is -2.54. The molecule has 0 aliphatic carbocycles. The Kier molecular flexibility index (Phi) is 8.80. The van der Waals surface area contributed by atoms with E-state index in [1.807, 2.05) is 32.6 Å². The van der Waals surface area contributed by atoms with Crippen LogP contribution in [-0.4, -0.2) is 30.0 Å². The van der Waals surface area contributed by atoms with Gasteiger partial charge in [-0.25, -0.2) is 8.78 Å². The van der Waals surface area contributed by atoms with Gasteiger partial charge in [-0.05, 0) is 38.1 Å². The van der Waals surface area contributed by atoms with Crippen LogP contribution in [0.15, 0.2) is 0 Å². The quantitative estimate of drug-likeness (QED) is 0.667. The van der Waals surface area contributed by atoms with E-state index in [2.05, 4.69) is 13.8 Å². The van der Waals surface area contributed by atoms with Gasteiger partial charge in [0.25, 0.3) is 5.92 Å². The molecule has 3 heteroatoms. The molecule has 1 aliphatic rings. The molecule has 1 heterocycles. The van der Waals surface area contributed by atoms with Gasteiger partial charge in [0.05, 0.1) is 6.54 Å². The van der Waals surface area contributed by atoms with Crippen LogP contribution in [0.25, 0.3) is 0 Å². The van der Waals surface area contributed by atoms with Gasteiger partial charge in [-0.1, -0.05) is 41.5 Å². The lowest BCUT2D eigenvalue weighted by molar-refractivity contribution is -0.125. The highest BCUT2D eigenvalue weighted by Gasteiger charge is 2.45. The number of rotatable bonds is 5. The number of alkyl halides is 2. The molecule has 0 aromatic heterocycles. The molecule has 0 saturated carbocycles. The summed E-state index contributed by atoms with van der Waals surface area (Å²) in [5, 5.41) is 0. The molecule has 0 N–H and O–H groups in total. The molecular formula is C16H33F2N. The average molecular weight is 277 g/mol. The van der Waals surface area contributed by atoms with Crippen LogP contribution >= 0.6 is 0 Å². The van der Waals surface area contributed by atoms with Crippen LogP contribution in [0.4, 0.5) is 8.78 Å². The second-order valence-corrected chi connectivity index (χ2v) is 5.82. The fourth-order valence-electron chi connectivity index (χ4n) is 2.99. The molecule has 0 aromatic carbocycles. The van der Waals surface area contributed by atoms with Crippen molar-refractivity contribution in [3.05, 3.63) is 0 Å². The molecule has 1 saturated heterocycles. The zero-order chi connectivity index (χ0) is 15.1. The molecule has 19 heavy (non-hydrogen) atoms. The Bertz CT molecular complexity index is 225.